The number of nitrogens with zero attached hydrogens (tertiary/aromatic N) is 3. The summed E-state index contributed by atoms with van der Waals surface area (Å²) in [5.74, 6) is -0.270. The van der Waals surface area contributed by atoms with E-state index in [0.29, 0.717) is 17.7 Å². The highest BCUT2D eigenvalue weighted by Crippen LogP contribution is 2.37. The van der Waals surface area contributed by atoms with Gasteiger partial charge in [-0.3, -0.25) is 9.59 Å². The Hall–Kier alpha value is -4.43. The molecule has 0 atom stereocenters. The second-order valence-corrected chi connectivity index (χ2v) is 10.1. The van der Waals surface area contributed by atoms with Crippen LogP contribution >= 0.6 is 0 Å². The van der Waals surface area contributed by atoms with Crippen LogP contribution in [0.1, 0.15) is 52.4 Å². The van der Waals surface area contributed by atoms with Gasteiger partial charge in [-0.25, -0.2) is 4.68 Å². The van der Waals surface area contributed by atoms with Gasteiger partial charge in [0.05, 0.1) is 23.0 Å². The van der Waals surface area contributed by atoms with Crippen molar-refractivity contribution in [3.05, 3.63) is 88.5 Å². The molecule has 0 spiro atoms. The maximum Gasteiger partial charge on any atom is 0.256 e. The first-order valence-electron chi connectivity index (χ1n) is 13.8. The lowest BCUT2D eigenvalue weighted by molar-refractivity contribution is -0.110. The minimum absolute atomic E-state index is 0.104. The normalized spacial score (nSPS) is 13.7. The average molecular weight is 537 g/mol. The van der Waals surface area contributed by atoms with Gasteiger partial charge in [0.15, 0.2) is 0 Å². The van der Waals surface area contributed by atoms with Gasteiger partial charge in [0, 0.05) is 47.0 Å². The number of carbonyl (C=O) groups is 2. The van der Waals surface area contributed by atoms with Crippen LogP contribution in [0.3, 0.4) is 0 Å². The highest BCUT2D eigenvalue weighted by atomic mass is 16.2. The van der Waals surface area contributed by atoms with E-state index in [1.165, 1.54) is 0 Å². The third-order valence-electron chi connectivity index (χ3n) is 7.72. The summed E-state index contributed by atoms with van der Waals surface area (Å²) < 4.78 is 1.92. The maximum atomic E-state index is 13.0. The lowest BCUT2D eigenvalue weighted by Gasteiger charge is -2.18. The molecule has 2 aromatic heterocycles. The van der Waals surface area contributed by atoms with Gasteiger partial charge in [0.2, 0.25) is 0 Å². The van der Waals surface area contributed by atoms with E-state index in [1.807, 2.05) is 86.3 Å². The van der Waals surface area contributed by atoms with Crippen molar-refractivity contribution in [2.24, 2.45) is 0 Å². The van der Waals surface area contributed by atoms with Crippen molar-refractivity contribution in [1.82, 2.24) is 25.0 Å². The molecule has 1 aliphatic rings. The average Bonchev–Trinajstić information content (AvgIpc) is 3.58. The van der Waals surface area contributed by atoms with Crippen LogP contribution in [-0.2, 0) is 4.79 Å². The number of aromatic amines is 1. The molecule has 0 fully saturated rings. The fourth-order valence-corrected chi connectivity index (χ4v) is 5.38. The van der Waals surface area contributed by atoms with E-state index < -0.39 is 0 Å². The molecule has 1 aliphatic heterocycles. The van der Waals surface area contributed by atoms with Gasteiger partial charge < -0.3 is 20.5 Å². The minimum Gasteiger partial charge on any atom is -0.358 e. The standard InChI is InChI=1S/C32H36N6O2/c1-6-37(7-2)16-15-33-32(40)30-20(3)29(35-21(30)4)18-26-25-17-23(13-14-28(25)36-31(26)39)27-19-34-38(22(27)5)24-11-9-8-10-12-24/h8-14,17-19,35H,6-7,15-16H2,1-5H3,(H,33,40)(H,36,39)/b26-18-. The largest absolute Gasteiger partial charge is 0.358 e. The molecule has 0 saturated carbocycles. The van der Waals surface area contributed by atoms with Crippen molar-refractivity contribution in [1.29, 1.82) is 0 Å². The van der Waals surface area contributed by atoms with Crippen molar-refractivity contribution in [2.45, 2.75) is 34.6 Å². The number of carbonyl (C=O) groups excluding carboxylic acids is 2. The number of aryl methyl sites for hydroxylation is 1. The van der Waals surface area contributed by atoms with Crippen molar-refractivity contribution >= 4 is 29.2 Å². The Morgan fingerprint density at radius 3 is 2.52 bits per heavy atom. The number of aromatic nitrogens is 3. The van der Waals surface area contributed by atoms with E-state index in [1.54, 1.807) is 0 Å². The van der Waals surface area contributed by atoms with Crippen molar-refractivity contribution in [2.75, 3.05) is 31.5 Å². The molecule has 3 heterocycles. The topological polar surface area (TPSA) is 95.1 Å². The Morgan fingerprint density at radius 1 is 1.05 bits per heavy atom. The first-order valence-corrected chi connectivity index (χ1v) is 13.8. The molecule has 0 saturated heterocycles. The van der Waals surface area contributed by atoms with Crippen LogP contribution in [0.5, 0.6) is 0 Å². The van der Waals surface area contributed by atoms with E-state index in [2.05, 4.69) is 39.5 Å². The van der Waals surface area contributed by atoms with Crippen molar-refractivity contribution < 1.29 is 9.59 Å². The highest BCUT2D eigenvalue weighted by Gasteiger charge is 2.26. The summed E-state index contributed by atoms with van der Waals surface area (Å²) in [5, 5.41) is 10.6. The number of fused-ring (bicyclic) bond motifs is 1. The number of amides is 2. The zero-order chi connectivity index (χ0) is 28.4. The zero-order valence-corrected chi connectivity index (χ0v) is 23.8. The Morgan fingerprint density at radius 2 is 1.80 bits per heavy atom. The van der Waals surface area contributed by atoms with Gasteiger partial charge in [0.25, 0.3) is 11.8 Å². The number of benzene rings is 2. The SMILES string of the molecule is CCN(CC)CCNC(=O)c1c(C)[nH]c(/C=C2\C(=O)Nc3ccc(-c4cnn(-c5ccccc5)c4C)cc32)c1C. The van der Waals surface area contributed by atoms with Crippen LogP contribution in [0.25, 0.3) is 28.5 Å². The van der Waals surface area contributed by atoms with Crippen LogP contribution in [0.4, 0.5) is 5.69 Å². The summed E-state index contributed by atoms with van der Waals surface area (Å²) in [6.07, 6.45) is 3.71. The summed E-state index contributed by atoms with van der Waals surface area (Å²) in [6.45, 7) is 13.4. The van der Waals surface area contributed by atoms with Crippen LogP contribution in [-0.4, -0.2) is 57.7 Å². The molecule has 5 rings (SSSR count). The smallest absolute Gasteiger partial charge is 0.256 e. The third kappa shape index (κ3) is 5.10. The summed E-state index contributed by atoms with van der Waals surface area (Å²) in [4.78, 5) is 31.7. The molecule has 4 aromatic rings. The highest BCUT2D eigenvalue weighted by molar-refractivity contribution is 6.35. The number of rotatable bonds is 9. The third-order valence-corrected chi connectivity index (χ3v) is 7.72. The Labute approximate surface area is 235 Å². The maximum absolute atomic E-state index is 13.0. The molecule has 8 nitrogen and oxygen atoms in total. The van der Waals surface area contributed by atoms with Gasteiger partial charge in [0.1, 0.15) is 0 Å². The molecule has 206 valence electrons. The number of H-pyrrole nitrogens is 1. The van der Waals surface area contributed by atoms with Gasteiger partial charge in [-0.15, -0.1) is 0 Å². The molecule has 0 bridgehead atoms. The van der Waals surface area contributed by atoms with Gasteiger partial charge in [-0.1, -0.05) is 38.1 Å². The monoisotopic (exact) mass is 536 g/mol. The number of hydrogen-bond acceptors (Lipinski definition) is 4. The predicted molar refractivity (Wildman–Crippen MR) is 161 cm³/mol. The summed E-state index contributed by atoms with van der Waals surface area (Å²) in [5.41, 5.74) is 9.12. The lowest BCUT2D eigenvalue weighted by atomic mass is 9.98. The molecular formula is C32H36N6O2. The predicted octanol–water partition coefficient (Wildman–Crippen LogP) is 5.36. The van der Waals surface area contributed by atoms with Crippen LogP contribution < -0.4 is 10.6 Å². The minimum atomic E-state index is -0.166. The number of nitrogens with one attached hydrogen (secondary N) is 3. The molecular weight excluding hydrogens is 500 g/mol. The zero-order valence-electron chi connectivity index (χ0n) is 23.8. The number of para-hydroxylation sites is 1. The van der Waals surface area contributed by atoms with E-state index >= 15 is 0 Å². The Balaban J connectivity index is 1.43. The first-order chi connectivity index (χ1) is 19.3. The summed E-state index contributed by atoms with van der Waals surface area (Å²) in [7, 11) is 0. The van der Waals surface area contributed by atoms with Gasteiger partial charge >= 0.3 is 0 Å². The van der Waals surface area contributed by atoms with Crippen LogP contribution in [0.15, 0.2) is 54.7 Å². The fourth-order valence-electron chi connectivity index (χ4n) is 5.38. The second kappa shape index (κ2) is 11.4. The molecule has 2 aromatic carbocycles. The van der Waals surface area contributed by atoms with E-state index in [0.717, 1.165) is 70.3 Å². The van der Waals surface area contributed by atoms with Crippen LogP contribution in [0, 0.1) is 20.8 Å². The molecule has 0 unspecified atom stereocenters. The number of hydrogen-bond donors (Lipinski definition) is 3. The Kier molecular flexibility index (Phi) is 7.71. The van der Waals surface area contributed by atoms with E-state index in [-0.39, 0.29) is 11.8 Å². The van der Waals surface area contributed by atoms with Crippen LogP contribution in [0.2, 0.25) is 0 Å². The number of anilines is 1. The fraction of sp³-hybridized carbons (Fsp3) is 0.281. The lowest BCUT2D eigenvalue weighted by Crippen LogP contribution is -2.35. The van der Waals surface area contributed by atoms with Gasteiger partial charge in [-0.2, -0.15) is 5.10 Å². The van der Waals surface area contributed by atoms with E-state index in [4.69, 9.17) is 0 Å². The molecule has 3 N–H and O–H groups in total. The molecule has 2 amide bonds. The second-order valence-electron chi connectivity index (χ2n) is 10.1. The number of likely N-dealkylation sites (N-methyl/N-ethyl adjacent to an activating group) is 1. The van der Waals surface area contributed by atoms with E-state index in [9.17, 15) is 9.59 Å². The molecule has 8 heteroatoms. The quantitative estimate of drug-likeness (QED) is 0.251. The molecule has 0 aliphatic carbocycles. The van der Waals surface area contributed by atoms with Crippen molar-refractivity contribution in [3.8, 4) is 16.8 Å². The first kappa shape index (κ1) is 27.1. The molecule has 40 heavy (non-hydrogen) atoms. The Bertz CT molecular complexity index is 1590. The molecule has 0 radical (unpaired) electrons. The van der Waals surface area contributed by atoms with Crippen molar-refractivity contribution in [3.63, 3.8) is 0 Å². The van der Waals surface area contributed by atoms with Gasteiger partial charge in [-0.05, 0) is 75.3 Å². The summed E-state index contributed by atoms with van der Waals surface area (Å²) >= 11 is 0. The summed E-state index contributed by atoms with van der Waals surface area (Å²) in [6, 6.07) is 16.0.